The van der Waals surface area contributed by atoms with E-state index in [-0.39, 0.29) is 17.5 Å². The molecule has 1 amide bonds. The molecule has 0 N–H and O–H groups in total. The third kappa shape index (κ3) is 2.87. The molecule has 1 aromatic carbocycles. The van der Waals surface area contributed by atoms with Gasteiger partial charge in [0.15, 0.2) is 5.82 Å². The monoisotopic (exact) mass is 408 g/mol. The highest BCUT2D eigenvalue weighted by atomic mass is 16.5. The summed E-state index contributed by atoms with van der Waals surface area (Å²) in [4.78, 5) is 20.8. The van der Waals surface area contributed by atoms with Crippen LogP contribution in [-0.2, 0) is 12.0 Å². The van der Waals surface area contributed by atoms with E-state index >= 15 is 0 Å². The van der Waals surface area contributed by atoms with Crippen molar-refractivity contribution in [3.05, 3.63) is 35.7 Å². The second kappa shape index (κ2) is 7.71. The Labute approximate surface area is 178 Å². The fourth-order valence-corrected chi connectivity index (χ4v) is 6.24. The number of hydrogen-bond acceptors (Lipinski definition) is 4. The van der Waals surface area contributed by atoms with Gasteiger partial charge >= 0.3 is 0 Å². The van der Waals surface area contributed by atoms with Crippen LogP contribution in [0.3, 0.4) is 0 Å². The van der Waals surface area contributed by atoms with Crippen molar-refractivity contribution in [2.45, 2.75) is 82.7 Å². The Bertz CT molecular complexity index is 931. The van der Waals surface area contributed by atoms with Gasteiger partial charge in [-0.3, -0.25) is 9.69 Å². The summed E-state index contributed by atoms with van der Waals surface area (Å²) < 4.78 is 7.71. The molecule has 6 nitrogen and oxygen atoms in total. The number of rotatable bonds is 3. The molecule has 2 aliphatic carbocycles. The molecule has 0 saturated heterocycles. The first-order valence-corrected chi connectivity index (χ1v) is 11.6. The second-order valence-electron chi connectivity index (χ2n) is 9.09. The van der Waals surface area contributed by atoms with Crippen LogP contribution in [0.4, 0.5) is 5.95 Å². The van der Waals surface area contributed by atoms with Crippen LogP contribution in [0.5, 0.6) is 5.75 Å². The Morgan fingerprint density at radius 1 is 1.13 bits per heavy atom. The quantitative estimate of drug-likeness (QED) is 0.737. The van der Waals surface area contributed by atoms with Gasteiger partial charge in [0.1, 0.15) is 5.75 Å². The van der Waals surface area contributed by atoms with Gasteiger partial charge in [-0.2, -0.15) is 10.1 Å². The van der Waals surface area contributed by atoms with Gasteiger partial charge in [0.2, 0.25) is 5.95 Å². The fourth-order valence-electron chi connectivity index (χ4n) is 6.24. The molecule has 2 fully saturated rings. The van der Waals surface area contributed by atoms with Crippen LogP contribution in [0.2, 0.25) is 0 Å². The number of aromatic nitrogens is 3. The van der Waals surface area contributed by atoms with Gasteiger partial charge in [0.05, 0.1) is 18.2 Å². The predicted octanol–water partition coefficient (Wildman–Crippen LogP) is 4.73. The summed E-state index contributed by atoms with van der Waals surface area (Å²) in [6.07, 6.45) is 11.5. The molecule has 5 rings (SSSR count). The Hall–Kier alpha value is -2.37. The fraction of sp³-hybridized carbons (Fsp3) is 0.625. The number of methoxy groups -OCH3 is 1. The Morgan fingerprint density at radius 2 is 1.90 bits per heavy atom. The smallest absolute Gasteiger partial charge is 0.264 e. The van der Waals surface area contributed by atoms with Crippen LogP contribution in [0.1, 0.15) is 80.9 Å². The number of ether oxygens (including phenoxy) is 1. The number of hydrogen-bond donors (Lipinski definition) is 0. The zero-order chi connectivity index (χ0) is 20.7. The zero-order valence-electron chi connectivity index (χ0n) is 18.1. The molecule has 2 aromatic rings. The number of carbonyl (C=O) groups excluding carboxylic acids is 1. The molecule has 1 aliphatic heterocycles. The molecular weight excluding hydrogens is 376 g/mol. The number of amides is 1. The number of carbonyl (C=O) groups is 1. The Kier molecular flexibility index (Phi) is 5.03. The van der Waals surface area contributed by atoms with Gasteiger partial charge < -0.3 is 4.74 Å². The molecule has 6 heteroatoms. The van der Waals surface area contributed by atoms with Gasteiger partial charge in [0, 0.05) is 18.4 Å². The molecular formula is C24H32N4O2. The summed E-state index contributed by atoms with van der Waals surface area (Å²) in [6.45, 7) is 2.09. The van der Waals surface area contributed by atoms with E-state index in [9.17, 15) is 4.79 Å². The van der Waals surface area contributed by atoms with Gasteiger partial charge in [-0.25, -0.2) is 4.68 Å². The molecule has 1 aromatic heterocycles. The zero-order valence-corrected chi connectivity index (χ0v) is 18.1. The third-order valence-electron chi connectivity index (χ3n) is 7.61. The van der Waals surface area contributed by atoms with Crippen LogP contribution in [0.15, 0.2) is 24.3 Å². The van der Waals surface area contributed by atoms with Crippen molar-refractivity contribution >= 4 is 11.9 Å². The van der Waals surface area contributed by atoms with Crippen molar-refractivity contribution in [1.29, 1.82) is 0 Å². The lowest BCUT2D eigenvalue weighted by molar-refractivity contribution is 0.0310. The molecule has 0 bridgehead atoms. The van der Waals surface area contributed by atoms with E-state index in [1.54, 1.807) is 7.11 Å². The number of anilines is 1. The lowest BCUT2D eigenvalue weighted by atomic mass is 9.64. The lowest BCUT2D eigenvalue weighted by Crippen LogP contribution is -2.61. The van der Waals surface area contributed by atoms with Gasteiger partial charge in [0.25, 0.3) is 5.91 Å². The van der Waals surface area contributed by atoms with E-state index in [1.165, 1.54) is 38.5 Å². The summed E-state index contributed by atoms with van der Waals surface area (Å²) >= 11 is 0. The van der Waals surface area contributed by atoms with Crippen molar-refractivity contribution in [3.8, 4) is 5.75 Å². The second-order valence-corrected chi connectivity index (χ2v) is 9.09. The normalized spacial score (nSPS) is 24.9. The van der Waals surface area contributed by atoms with E-state index in [0.29, 0.717) is 17.2 Å². The first kappa shape index (κ1) is 19.6. The van der Waals surface area contributed by atoms with E-state index < -0.39 is 0 Å². The number of para-hydroxylation sites is 1. The average molecular weight is 409 g/mol. The minimum atomic E-state index is -0.00804. The summed E-state index contributed by atoms with van der Waals surface area (Å²) in [5.41, 5.74) is 0.632. The highest BCUT2D eigenvalue weighted by molar-refractivity contribution is 6.07. The topological polar surface area (TPSA) is 60.2 Å². The Morgan fingerprint density at radius 3 is 2.67 bits per heavy atom. The molecule has 30 heavy (non-hydrogen) atoms. The van der Waals surface area contributed by atoms with E-state index in [4.69, 9.17) is 14.8 Å². The highest BCUT2D eigenvalue weighted by Gasteiger charge is 2.55. The van der Waals surface area contributed by atoms with Crippen LogP contribution in [0, 0.1) is 5.92 Å². The molecule has 2 heterocycles. The standard InChI is InChI=1S/C24H32N4O2/c1-3-21-25-23-27(22(29)17-11-5-8-14-20(17)30-2)19-13-7-6-12-18(19)24(28(23)26-21)15-9-4-10-16-24/h5,8,11,14,18-19H,3-4,6-7,9-10,12-13,15-16H2,1-2H3. The first-order valence-electron chi connectivity index (χ1n) is 11.6. The summed E-state index contributed by atoms with van der Waals surface area (Å²) in [7, 11) is 1.63. The number of benzene rings is 1. The minimum absolute atomic E-state index is 0.00804. The summed E-state index contributed by atoms with van der Waals surface area (Å²) in [5, 5.41) is 4.99. The van der Waals surface area contributed by atoms with Gasteiger partial charge in [-0.1, -0.05) is 51.2 Å². The maximum absolute atomic E-state index is 13.9. The largest absolute Gasteiger partial charge is 0.496 e. The number of aryl methyl sites for hydroxylation is 1. The van der Waals surface area contributed by atoms with Gasteiger partial charge in [-0.05, 0) is 37.8 Å². The Balaban J connectivity index is 1.67. The molecule has 3 aliphatic rings. The molecule has 2 atom stereocenters. The summed E-state index contributed by atoms with van der Waals surface area (Å²) in [5.74, 6) is 2.66. The minimum Gasteiger partial charge on any atom is -0.496 e. The number of fused-ring (bicyclic) bond motifs is 4. The van der Waals surface area contributed by atoms with E-state index in [0.717, 1.165) is 37.5 Å². The highest BCUT2D eigenvalue weighted by Crippen LogP contribution is 2.53. The number of nitrogens with zero attached hydrogens (tertiary/aromatic N) is 4. The van der Waals surface area contributed by atoms with Gasteiger partial charge in [-0.15, -0.1) is 0 Å². The van der Waals surface area contributed by atoms with E-state index in [2.05, 4.69) is 11.6 Å². The third-order valence-corrected chi connectivity index (χ3v) is 7.61. The van der Waals surface area contributed by atoms with Crippen LogP contribution >= 0.6 is 0 Å². The molecule has 160 valence electrons. The van der Waals surface area contributed by atoms with Crippen LogP contribution < -0.4 is 9.64 Å². The SMILES string of the molecule is CCc1nc2n(n1)C1(CCCCC1)C1CCCCC1N2C(=O)c1ccccc1OC. The first-order chi connectivity index (χ1) is 14.7. The van der Waals surface area contributed by atoms with Crippen molar-refractivity contribution in [2.24, 2.45) is 5.92 Å². The molecule has 0 radical (unpaired) electrons. The van der Waals surface area contributed by atoms with E-state index in [1.807, 2.05) is 29.2 Å². The van der Waals surface area contributed by atoms with Crippen molar-refractivity contribution in [3.63, 3.8) is 0 Å². The maximum Gasteiger partial charge on any atom is 0.264 e. The molecule has 2 unspecified atom stereocenters. The van der Waals surface area contributed by atoms with Crippen LogP contribution in [-0.4, -0.2) is 33.8 Å². The molecule has 2 saturated carbocycles. The lowest BCUT2D eigenvalue weighted by Gasteiger charge is -2.55. The van der Waals surface area contributed by atoms with Crippen molar-refractivity contribution in [2.75, 3.05) is 12.0 Å². The predicted molar refractivity (Wildman–Crippen MR) is 116 cm³/mol. The van der Waals surface area contributed by atoms with Crippen molar-refractivity contribution < 1.29 is 9.53 Å². The maximum atomic E-state index is 13.9. The average Bonchev–Trinajstić information content (AvgIpc) is 3.25. The summed E-state index contributed by atoms with van der Waals surface area (Å²) in [6, 6.07) is 7.73. The van der Waals surface area contributed by atoms with Crippen molar-refractivity contribution in [1.82, 2.24) is 14.8 Å². The van der Waals surface area contributed by atoms with Crippen LogP contribution in [0.25, 0.3) is 0 Å². The molecule has 1 spiro atoms.